The molecule has 0 aromatic heterocycles. The maximum absolute atomic E-state index is 12.1. The molecule has 0 aliphatic carbocycles. The molecule has 0 fully saturated rings. The lowest BCUT2D eigenvalue weighted by molar-refractivity contribution is -0.129. The van der Waals surface area contributed by atoms with Crippen molar-refractivity contribution in [3.05, 3.63) is 35.4 Å². The fraction of sp³-hybridized carbons (Fsp3) is 0.357. The largest absolute Gasteiger partial charge is 0.321 e. The van der Waals surface area contributed by atoms with Gasteiger partial charge >= 0.3 is 0 Å². The van der Waals surface area contributed by atoms with Gasteiger partial charge in [-0.2, -0.15) is 4.99 Å². The minimum absolute atomic E-state index is 0.266. The number of carbonyl (C=O) groups excluding carboxylic acids is 2. The Morgan fingerprint density at radius 1 is 1.37 bits per heavy atom. The summed E-state index contributed by atoms with van der Waals surface area (Å²) < 4.78 is 0. The van der Waals surface area contributed by atoms with Gasteiger partial charge in [0.05, 0.1) is 6.04 Å². The summed E-state index contributed by atoms with van der Waals surface area (Å²) in [7, 11) is 0. The highest BCUT2D eigenvalue weighted by Crippen LogP contribution is 2.23. The number of amides is 2. The van der Waals surface area contributed by atoms with E-state index in [1.807, 2.05) is 26.0 Å². The van der Waals surface area contributed by atoms with Crippen LogP contribution in [0.1, 0.15) is 30.4 Å². The van der Waals surface area contributed by atoms with E-state index in [9.17, 15) is 9.59 Å². The first-order valence-electron chi connectivity index (χ1n) is 6.29. The first-order valence-corrected chi connectivity index (χ1v) is 6.29. The van der Waals surface area contributed by atoms with Crippen LogP contribution in [-0.2, 0) is 9.59 Å². The van der Waals surface area contributed by atoms with Crippen LogP contribution in [-0.4, -0.2) is 23.7 Å². The van der Waals surface area contributed by atoms with Crippen LogP contribution in [0.15, 0.2) is 29.3 Å². The molecule has 2 rings (SSSR count). The lowest BCUT2D eigenvalue weighted by Crippen LogP contribution is -2.50. The predicted molar refractivity (Wildman–Crippen MR) is 72.8 cm³/mol. The number of aliphatic imine (C=N–C) groups is 1. The molecule has 2 unspecified atom stereocenters. The van der Waals surface area contributed by atoms with Gasteiger partial charge in [-0.05, 0) is 24.5 Å². The lowest BCUT2D eigenvalue weighted by Gasteiger charge is -2.23. The highest BCUT2D eigenvalue weighted by molar-refractivity contribution is 6.20. The van der Waals surface area contributed by atoms with Gasteiger partial charge in [0.15, 0.2) is 0 Å². The summed E-state index contributed by atoms with van der Waals surface area (Å²) in [6.45, 7) is 3.74. The van der Waals surface area contributed by atoms with Crippen LogP contribution in [0.25, 0.3) is 0 Å². The molecule has 5 heteroatoms. The Labute approximate surface area is 111 Å². The van der Waals surface area contributed by atoms with Crippen molar-refractivity contribution in [1.29, 1.82) is 0 Å². The number of nitrogens with two attached hydrogens (primary N) is 1. The summed E-state index contributed by atoms with van der Waals surface area (Å²) in [6.07, 6.45) is 0.613. The van der Waals surface area contributed by atoms with E-state index >= 15 is 0 Å². The Hall–Kier alpha value is -2.01. The molecular formula is C14H17N3O2. The number of hydrogen-bond acceptors (Lipinski definition) is 3. The Kier molecular flexibility index (Phi) is 3.76. The molecule has 0 radical (unpaired) electrons. The molecule has 1 aliphatic rings. The molecule has 5 nitrogen and oxygen atoms in total. The summed E-state index contributed by atoms with van der Waals surface area (Å²) in [5, 5.41) is 2.64. The smallest absolute Gasteiger partial charge is 0.264 e. The zero-order valence-electron chi connectivity index (χ0n) is 11.0. The van der Waals surface area contributed by atoms with Crippen molar-refractivity contribution in [1.82, 2.24) is 5.32 Å². The second kappa shape index (κ2) is 5.32. The second-order valence-electron chi connectivity index (χ2n) is 4.63. The Bertz CT molecular complexity index is 551. The molecule has 1 aromatic carbocycles. The second-order valence-corrected chi connectivity index (χ2v) is 4.63. The Balaban J connectivity index is 2.36. The molecule has 0 saturated carbocycles. The molecule has 0 spiro atoms. The number of nitrogens with one attached hydrogen (secondary N) is 1. The Morgan fingerprint density at radius 3 is 2.63 bits per heavy atom. The van der Waals surface area contributed by atoms with Gasteiger partial charge in [0, 0.05) is 0 Å². The maximum Gasteiger partial charge on any atom is 0.264 e. The summed E-state index contributed by atoms with van der Waals surface area (Å²) in [5.41, 5.74) is 7.38. The molecule has 3 N–H and O–H groups in total. The quantitative estimate of drug-likeness (QED) is 0.790. The van der Waals surface area contributed by atoms with Gasteiger partial charge in [-0.15, -0.1) is 0 Å². The summed E-state index contributed by atoms with van der Waals surface area (Å²) in [6, 6.07) is 6.90. The van der Waals surface area contributed by atoms with Crippen molar-refractivity contribution in [3.8, 4) is 0 Å². The molecule has 2 atom stereocenters. The summed E-state index contributed by atoms with van der Waals surface area (Å²) in [5.74, 6) is -1.40. The Morgan fingerprint density at radius 2 is 2.05 bits per heavy atom. The first-order chi connectivity index (χ1) is 9.04. The van der Waals surface area contributed by atoms with Crippen LogP contribution in [0, 0.1) is 6.92 Å². The van der Waals surface area contributed by atoms with Crippen molar-refractivity contribution in [2.75, 3.05) is 0 Å². The van der Waals surface area contributed by atoms with Gasteiger partial charge in [-0.3, -0.25) is 9.59 Å². The van der Waals surface area contributed by atoms with E-state index in [2.05, 4.69) is 10.3 Å². The number of amidine groups is 1. The average Bonchev–Trinajstić information content (AvgIpc) is 2.39. The monoisotopic (exact) mass is 259 g/mol. The van der Waals surface area contributed by atoms with Crippen LogP contribution in [0.4, 0.5) is 0 Å². The van der Waals surface area contributed by atoms with Crippen molar-refractivity contribution in [3.63, 3.8) is 0 Å². The van der Waals surface area contributed by atoms with Crippen LogP contribution >= 0.6 is 0 Å². The van der Waals surface area contributed by atoms with E-state index < -0.39 is 17.9 Å². The third kappa shape index (κ3) is 2.56. The van der Waals surface area contributed by atoms with Crippen molar-refractivity contribution < 1.29 is 9.59 Å². The van der Waals surface area contributed by atoms with E-state index in [-0.39, 0.29) is 11.7 Å². The van der Waals surface area contributed by atoms with E-state index in [0.717, 1.165) is 5.56 Å². The van der Waals surface area contributed by atoms with Crippen molar-refractivity contribution in [2.24, 2.45) is 10.7 Å². The van der Waals surface area contributed by atoms with Crippen molar-refractivity contribution in [2.45, 2.75) is 32.2 Å². The molecule has 1 heterocycles. The molecule has 0 saturated heterocycles. The average molecular weight is 259 g/mol. The van der Waals surface area contributed by atoms with Gasteiger partial charge in [0.2, 0.25) is 5.91 Å². The van der Waals surface area contributed by atoms with Crippen molar-refractivity contribution >= 4 is 17.6 Å². The zero-order valence-corrected chi connectivity index (χ0v) is 11.0. The number of rotatable bonds is 3. The van der Waals surface area contributed by atoms with E-state index in [1.54, 1.807) is 12.1 Å². The minimum Gasteiger partial charge on any atom is -0.321 e. The highest BCUT2D eigenvalue weighted by Gasteiger charge is 2.35. The van der Waals surface area contributed by atoms with Gasteiger partial charge in [-0.25, -0.2) is 0 Å². The summed E-state index contributed by atoms with van der Waals surface area (Å²) in [4.78, 5) is 28.1. The SMILES string of the molecule is CCC(N)C1=NC(=O)C(c2ccccc2C)C(=O)N1. The minimum atomic E-state index is -0.867. The van der Waals surface area contributed by atoms with Gasteiger partial charge < -0.3 is 11.1 Å². The summed E-state index contributed by atoms with van der Waals surface area (Å²) >= 11 is 0. The fourth-order valence-corrected chi connectivity index (χ4v) is 2.08. The van der Waals surface area contributed by atoms with E-state index in [1.165, 1.54) is 0 Å². The molecule has 1 aromatic rings. The van der Waals surface area contributed by atoms with Crippen LogP contribution in [0.5, 0.6) is 0 Å². The predicted octanol–water partition coefficient (Wildman–Crippen LogP) is 0.871. The fourth-order valence-electron chi connectivity index (χ4n) is 2.08. The van der Waals surface area contributed by atoms with Crippen LogP contribution in [0.3, 0.4) is 0 Å². The van der Waals surface area contributed by atoms with Crippen LogP contribution < -0.4 is 11.1 Å². The lowest BCUT2D eigenvalue weighted by atomic mass is 9.92. The maximum atomic E-state index is 12.1. The zero-order chi connectivity index (χ0) is 14.0. The number of nitrogens with zero attached hydrogens (tertiary/aromatic N) is 1. The number of carbonyl (C=O) groups is 2. The molecule has 19 heavy (non-hydrogen) atoms. The third-order valence-electron chi connectivity index (χ3n) is 3.28. The molecule has 2 amide bonds. The van der Waals surface area contributed by atoms with Crippen LogP contribution in [0.2, 0.25) is 0 Å². The van der Waals surface area contributed by atoms with Gasteiger partial charge in [0.1, 0.15) is 11.8 Å². The molecule has 100 valence electrons. The highest BCUT2D eigenvalue weighted by atomic mass is 16.2. The number of benzene rings is 1. The molecular weight excluding hydrogens is 242 g/mol. The molecule has 1 aliphatic heterocycles. The number of aryl methyl sites for hydroxylation is 1. The van der Waals surface area contributed by atoms with E-state index in [4.69, 9.17) is 5.73 Å². The standard InChI is InChI=1S/C14H17N3O2/c1-3-10(15)12-16-13(18)11(14(19)17-12)9-7-5-4-6-8(9)2/h4-7,10-11H,3,15H2,1-2H3,(H,16,17,18,19). The topological polar surface area (TPSA) is 84.5 Å². The van der Waals surface area contributed by atoms with Gasteiger partial charge in [0.25, 0.3) is 5.91 Å². The number of hydrogen-bond donors (Lipinski definition) is 2. The molecule has 0 bridgehead atoms. The first kappa shape index (κ1) is 13.4. The third-order valence-corrected chi connectivity index (χ3v) is 3.28. The normalized spacial score (nSPS) is 20.8. The van der Waals surface area contributed by atoms with E-state index in [0.29, 0.717) is 12.0 Å². The van der Waals surface area contributed by atoms with Gasteiger partial charge in [-0.1, -0.05) is 31.2 Å².